The maximum absolute atomic E-state index is 13.2. The second kappa shape index (κ2) is 6.47. The van der Waals surface area contributed by atoms with Gasteiger partial charge in [0.25, 0.3) is 11.6 Å². The van der Waals surface area contributed by atoms with Crippen molar-refractivity contribution in [2.24, 2.45) is 5.10 Å². The van der Waals surface area contributed by atoms with Gasteiger partial charge in [0, 0.05) is 17.7 Å². The fourth-order valence-electron chi connectivity index (χ4n) is 2.27. The molecule has 0 fully saturated rings. The van der Waals surface area contributed by atoms with Crippen LogP contribution in [0.15, 0.2) is 23.3 Å². The number of amides is 1. The second-order valence-corrected chi connectivity index (χ2v) is 5.19. The van der Waals surface area contributed by atoms with Crippen molar-refractivity contribution < 1.29 is 41.3 Å². The average Bonchev–Trinajstić information content (AvgIpc) is 2.82. The molecule has 138 valence electrons. The lowest BCUT2D eigenvalue weighted by Crippen LogP contribution is -2.56. The number of nitrogens with zero attached hydrogens (tertiary/aromatic N) is 2. The second-order valence-electron chi connectivity index (χ2n) is 5.19. The third-order valence-corrected chi connectivity index (χ3v) is 3.40. The molecule has 1 unspecified atom stereocenters. The fourth-order valence-corrected chi connectivity index (χ4v) is 2.27. The Kier molecular flexibility index (Phi) is 4.89. The average molecular weight is 368 g/mol. The van der Waals surface area contributed by atoms with Gasteiger partial charge in [-0.3, -0.25) is 4.79 Å². The van der Waals surface area contributed by atoms with Gasteiger partial charge in [-0.05, 0) is 25.1 Å². The molecule has 2 rings (SSSR count). The molecule has 0 aliphatic carbocycles. The number of aliphatic hydroxyl groups is 1. The summed E-state index contributed by atoms with van der Waals surface area (Å²) >= 11 is 0. The van der Waals surface area contributed by atoms with Crippen LogP contribution in [0.4, 0.5) is 22.0 Å². The highest BCUT2D eigenvalue weighted by atomic mass is 19.4. The van der Waals surface area contributed by atoms with E-state index in [9.17, 15) is 31.9 Å². The fraction of sp³-hybridized carbons (Fsp3) is 0.429. The number of alkyl halides is 5. The van der Waals surface area contributed by atoms with Crippen molar-refractivity contribution in [1.82, 2.24) is 5.01 Å². The van der Waals surface area contributed by atoms with Gasteiger partial charge in [0.15, 0.2) is 11.5 Å². The van der Waals surface area contributed by atoms with Crippen molar-refractivity contribution in [2.45, 2.75) is 31.9 Å². The van der Waals surface area contributed by atoms with E-state index >= 15 is 0 Å². The van der Waals surface area contributed by atoms with Crippen LogP contribution >= 0.6 is 0 Å². The number of rotatable bonds is 4. The molecule has 1 heterocycles. The first kappa shape index (κ1) is 18.9. The first-order valence-electron chi connectivity index (χ1n) is 6.80. The summed E-state index contributed by atoms with van der Waals surface area (Å²) in [5, 5.41) is 13.3. The van der Waals surface area contributed by atoms with Gasteiger partial charge in [-0.1, -0.05) is 0 Å². The predicted molar refractivity (Wildman–Crippen MR) is 74.5 cm³/mol. The third-order valence-electron chi connectivity index (χ3n) is 3.40. The third kappa shape index (κ3) is 3.50. The first-order valence-corrected chi connectivity index (χ1v) is 6.80. The molecule has 0 spiro atoms. The molecule has 0 saturated heterocycles. The maximum Gasteiger partial charge on any atom is 0.438 e. The summed E-state index contributed by atoms with van der Waals surface area (Å²) in [5.41, 5.74) is -3.95. The summed E-state index contributed by atoms with van der Waals surface area (Å²) in [6.07, 6.45) is -6.04. The quantitative estimate of drug-likeness (QED) is 0.830. The Hall–Kier alpha value is -2.43. The number of carbonyl (C=O) groups excluding carboxylic acids is 1. The van der Waals surface area contributed by atoms with Gasteiger partial charge in [-0.2, -0.15) is 32.1 Å². The van der Waals surface area contributed by atoms with Crippen LogP contribution in [0.1, 0.15) is 23.7 Å². The number of benzene rings is 1. The standard InChI is InChI=1S/C14H13F5N2O4/c1-7-6-13(23,14(17,18)19)21(20-7)11(22)8-3-4-9(25-12(15)16)10(5-8)24-2/h3-5,12,23H,6H2,1-2H3. The highest BCUT2D eigenvalue weighted by Crippen LogP contribution is 2.41. The van der Waals surface area contributed by atoms with Crippen LogP contribution in [0.5, 0.6) is 11.5 Å². The van der Waals surface area contributed by atoms with E-state index in [-0.39, 0.29) is 22.0 Å². The molecule has 11 heteroatoms. The highest BCUT2D eigenvalue weighted by molar-refractivity contribution is 5.98. The van der Waals surface area contributed by atoms with E-state index in [1.165, 1.54) is 6.92 Å². The number of halogens is 5. The van der Waals surface area contributed by atoms with E-state index in [2.05, 4.69) is 9.84 Å². The molecule has 25 heavy (non-hydrogen) atoms. The van der Waals surface area contributed by atoms with E-state index in [0.717, 1.165) is 25.3 Å². The summed E-state index contributed by atoms with van der Waals surface area (Å²) in [6, 6.07) is 2.82. The monoisotopic (exact) mass is 368 g/mol. The molecule has 0 bridgehead atoms. The van der Waals surface area contributed by atoms with Crippen LogP contribution in [-0.4, -0.2) is 47.4 Å². The van der Waals surface area contributed by atoms with E-state index in [4.69, 9.17) is 4.74 Å². The summed E-state index contributed by atoms with van der Waals surface area (Å²) in [5.74, 6) is -1.97. The number of ether oxygens (including phenoxy) is 2. The molecule has 0 radical (unpaired) electrons. The lowest BCUT2D eigenvalue weighted by atomic mass is 10.1. The molecule has 1 amide bonds. The molecule has 1 aromatic carbocycles. The molecule has 1 aliphatic heterocycles. The number of hydrazone groups is 1. The highest BCUT2D eigenvalue weighted by Gasteiger charge is 2.62. The number of carbonyl (C=O) groups is 1. The van der Waals surface area contributed by atoms with Gasteiger partial charge in [0.1, 0.15) is 0 Å². The van der Waals surface area contributed by atoms with Crippen molar-refractivity contribution in [2.75, 3.05) is 7.11 Å². The molecular formula is C14H13F5N2O4. The summed E-state index contributed by atoms with van der Waals surface area (Å²) in [7, 11) is 1.10. The topological polar surface area (TPSA) is 71.4 Å². The molecule has 1 aromatic rings. The zero-order chi connectivity index (χ0) is 19.0. The van der Waals surface area contributed by atoms with Crippen molar-refractivity contribution in [1.29, 1.82) is 0 Å². The Labute approximate surface area is 138 Å². The van der Waals surface area contributed by atoms with E-state index in [1.54, 1.807) is 0 Å². The lowest BCUT2D eigenvalue weighted by Gasteiger charge is -2.32. The number of hydrogen-bond acceptors (Lipinski definition) is 5. The smallest absolute Gasteiger partial charge is 0.438 e. The van der Waals surface area contributed by atoms with Gasteiger partial charge in [0.05, 0.1) is 7.11 Å². The van der Waals surface area contributed by atoms with Crippen LogP contribution < -0.4 is 9.47 Å². The zero-order valence-electron chi connectivity index (χ0n) is 13.0. The maximum atomic E-state index is 13.2. The Morgan fingerprint density at radius 3 is 2.52 bits per heavy atom. The van der Waals surface area contributed by atoms with E-state index in [0.29, 0.717) is 0 Å². The Bertz CT molecular complexity index is 707. The van der Waals surface area contributed by atoms with Crippen LogP contribution in [0, 0.1) is 0 Å². The van der Waals surface area contributed by atoms with Gasteiger partial charge < -0.3 is 14.6 Å². The Morgan fingerprint density at radius 2 is 2.00 bits per heavy atom. The van der Waals surface area contributed by atoms with Crippen molar-refractivity contribution in [3.63, 3.8) is 0 Å². The molecule has 1 aliphatic rings. The molecular weight excluding hydrogens is 355 g/mol. The van der Waals surface area contributed by atoms with Crippen molar-refractivity contribution in [3.8, 4) is 11.5 Å². The summed E-state index contributed by atoms with van der Waals surface area (Å²) in [6.45, 7) is -1.93. The SMILES string of the molecule is COc1cc(C(=O)N2N=C(C)CC2(O)C(F)(F)F)ccc1OC(F)F. The normalized spacial score (nSPS) is 20.7. The van der Waals surface area contributed by atoms with Gasteiger partial charge in [-0.15, -0.1) is 0 Å². The van der Waals surface area contributed by atoms with Gasteiger partial charge in [-0.25, -0.2) is 0 Å². The number of methoxy groups -OCH3 is 1. The molecule has 1 atom stereocenters. The summed E-state index contributed by atoms with van der Waals surface area (Å²) < 4.78 is 73.0. The minimum atomic E-state index is -5.15. The Balaban J connectivity index is 2.39. The zero-order valence-corrected chi connectivity index (χ0v) is 13.0. The first-order chi connectivity index (χ1) is 11.5. The summed E-state index contributed by atoms with van der Waals surface area (Å²) in [4.78, 5) is 12.4. The van der Waals surface area contributed by atoms with Crippen molar-refractivity contribution >= 4 is 11.6 Å². The molecule has 1 N–H and O–H groups in total. The van der Waals surface area contributed by atoms with E-state index < -0.39 is 36.6 Å². The van der Waals surface area contributed by atoms with Crippen LogP contribution in [0.25, 0.3) is 0 Å². The molecule has 0 saturated carbocycles. The van der Waals surface area contributed by atoms with Gasteiger partial charge >= 0.3 is 12.8 Å². The van der Waals surface area contributed by atoms with E-state index in [1.807, 2.05) is 0 Å². The van der Waals surface area contributed by atoms with Gasteiger partial charge in [0.2, 0.25) is 0 Å². The van der Waals surface area contributed by atoms with Crippen LogP contribution in [0.3, 0.4) is 0 Å². The largest absolute Gasteiger partial charge is 0.493 e. The lowest BCUT2D eigenvalue weighted by molar-refractivity contribution is -0.297. The minimum absolute atomic E-state index is 0.0786. The molecule has 6 nitrogen and oxygen atoms in total. The van der Waals surface area contributed by atoms with Crippen molar-refractivity contribution in [3.05, 3.63) is 23.8 Å². The number of hydrogen-bond donors (Lipinski definition) is 1. The molecule has 0 aromatic heterocycles. The Morgan fingerprint density at radius 1 is 1.36 bits per heavy atom. The predicted octanol–water partition coefficient (Wildman–Crippen LogP) is 2.77. The minimum Gasteiger partial charge on any atom is -0.493 e. The van der Waals surface area contributed by atoms with Crippen LogP contribution in [0.2, 0.25) is 0 Å². The van der Waals surface area contributed by atoms with Crippen LogP contribution in [-0.2, 0) is 0 Å².